The van der Waals surface area contributed by atoms with Gasteiger partial charge in [-0.15, -0.1) is 0 Å². The van der Waals surface area contributed by atoms with Crippen LogP contribution in [0.1, 0.15) is 41.5 Å². The van der Waals surface area contributed by atoms with Crippen LogP contribution in [0.5, 0.6) is 5.75 Å². The number of nitrogens with one attached hydrogen (secondary N) is 1. The van der Waals surface area contributed by atoms with Crippen LogP contribution in [-0.4, -0.2) is 36.9 Å². The van der Waals surface area contributed by atoms with Crippen molar-refractivity contribution >= 4 is 17.7 Å². The van der Waals surface area contributed by atoms with Crippen LogP contribution in [0.4, 0.5) is 4.39 Å². The lowest BCUT2D eigenvalue weighted by atomic mass is 10.0. The number of hydrogen-bond donors (Lipinski definition) is 1. The van der Waals surface area contributed by atoms with Crippen molar-refractivity contribution in [2.45, 2.75) is 32.9 Å². The summed E-state index contributed by atoms with van der Waals surface area (Å²) in [6.45, 7) is 4.94. The van der Waals surface area contributed by atoms with Gasteiger partial charge in [-0.3, -0.25) is 9.59 Å². The highest BCUT2D eigenvalue weighted by Gasteiger charge is 2.30. The zero-order valence-corrected chi connectivity index (χ0v) is 16.8. The van der Waals surface area contributed by atoms with Crippen molar-refractivity contribution in [1.29, 1.82) is 0 Å². The fraction of sp³-hybridized carbons (Fsp3) is 0.318. The second-order valence-corrected chi connectivity index (χ2v) is 6.85. The summed E-state index contributed by atoms with van der Waals surface area (Å²) in [6.07, 6.45) is -1.09. The number of rotatable bonds is 8. The van der Waals surface area contributed by atoms with Crippen LogP contribution in [0.3, 0.4) is 0 Å². The van der Waals surface area contributed by atoms with E-state index in [0.717, 1.165) is 12.1 Å². The lowest BCUT2D eigenvalue weighted by Gasteiger charge is -2.23. The fourth-order valence-corrected chi connectivity index (χ4v) is 2.70. The number of methoxy groups -OCH3 is 1. The molecule has 0 spiro atoms. The Balaban J connectivity index is 2.09. The number of halogens is 1. The van der Waals surface area contributed by atoms with Crippen LogP contribution < -0.4 is 10.1 Å². The quantitative estimate of drug-likeness (QED) is 0.542. The van der Waals surface area contributed by atoms with Crippen molar-refractivity contribution in [2.75, 3.05) is 7.11 Å². The highest BCUT2D eigenvalue weighted by molar-refractivity contribution is 6.01. The van der Waals surface area contributed by atoms with Gasteiger partial charge in [-0.1, -0.05) is 26.0 Å². The lowest BCUT2D eigenvalue weighted by Crippen LogP contribution is -2.46. The molecular formula is C22H24FNO5. The standard InChI is InChI=1S/C22H24FNO5/c1-13(2)19(24-21(26)17-7-5-6-8-18(17)28-4)22(27)29-14(3)20(25)15-9-11-16(23)12-10-15/h5-14,19H,1-4H3,(H,24,26)/t14-,19-/m0/s1. The van der Waals surface area contributed by atoms with E-state index in [9.17, 15) is 18.8 Å². The second-order valence-electron chi connectivity index (χ2n) is 6.85. The minimum atomic E-state index is -1.09. The van der Waals surface area contributed by atoms with E-state index in [4.69, 9.17) is 9.47 Å². The van der Waals surface area contributed by atoms with Gasteiger partial charge in [-0.05, 0) is 49.2 Å². The summed E-state index contributed by atoms with van der Waals surface area (Å²) < 4.78 is 23.5. The molecule has 2 aromatic rings. The molecule has 29 heavy (non-hydrogen) atoms. The van der Waals surface area contributed by atoms with Gasteiger partial charge >= 0.3 is 5.97 Å². The molecular weight excluding hydrogens is 377 g/mol. The molecule has 2 aromatic carbocycles. The Bertz CT molecular complexity index is 879. The number of benzene rings is 2. The number of ketones is 1. The molecule has 1 amide bonds. The zero-order valence-electron chi connectivity index (χ0n) is 16.8. The first-order valence-electron chi connectivity index (χ1n) is 9.18. The maximum Gasteiger partial charge on any atom is 0.329 e. The van der Waals surface area contributed by atoms with Crippen LogP contribution >= 0.6 is 0 Å². The molecule has 0 fully saturated rings. The molecule has 0 heterocycles. The summed E-state index contributed by atoms with van der Waals surface area (Å²) >= 11 is 0. The first-order valence-corrected chi connectivity index (χ1v) is 9.18. The van der Waals surface area contributed by atoms with E-state index in [1.165, 1.54) is 26.2 Å². The van der Waals surface area contributed by atoms with Crippen LogP contribution in [-0.2, 0) is 9.53 Å². The largest absolute Gasteiger partial charge is 0.496 e. The van der Waals surface area contributed by atoms with E-state index >= 15 is 0 Å². The highest BCUT2D eigenvalue weighted by atomic mass is 19.1. The van der Waals surface area contributed by atoms with Crippen LogP contribution in [0.2, 0.25) is 0 Å². The van der Waals surface area contributed by atoms with Crippen LogP contribution in [0, 0.1) is 11.7 Å². The Morgan fingerprint density at radius 3 is 2.17 bits per heavy atom. The third-order valence-corrected chi connectivity index (χ3v) is 4.35. The van der Waals surface area contributed by atoms with E-state index in [-0.39, 0.29) is 17.0 Å². The minimum absolute atomic E-state index is 0.228. The predicted molar refractivity (Wildman–Crippen MR) is 105 cm³/mol. The van der Waals surface area contributed by atoms with Gasteiger partial charge < -0.3 is 14.8 Å². The Hall–Kier alpha value is -3.22. The van der Waals surface area contributed by atoms with E-state index < -0.39 is 35.6 Å². The predicted octanol–water partition coefficient (Wildman–Crippen LogP) is 3.40. The Kier molecular flexibility index (Phi) is 7.47. The second kappa shape index (κ2) is 9.82. The van der Waals surface area contributed by atoms with Gasteiger partial charge in [0.05, 0.1) is 12.7 Å². The average Bonchev–Trinajstić information content (AvgIpc) is 2.71. The summed E-state index contributed by atoms with van der Waals surface area (Å²) in [5.74, 6) is -2.06. The molecule has 0 aliphatic heterocycles. The van der Waals surface area contributed by atoms with Gasteiger partial charge in [0.25, 0.3) is 5.91 Å². The molecule has 0 unspecified atom stereocenters. The lowest BCUT2D eigenvalue weighted by molar-refractivity contribution is -0.149. The topological polar surface area (TPSA) is 81.7 Å². The summed E-state index contributed by atoms with van der Waals surface area (Å²) in [6, 6.07) is 10.6. The van der Waals surface area contributed by atoms with Crippen molar-refractivity contribution in [1.82, 2.24) is 5.32 Å². The maximum atomic E-state index is 13.0. The molecule has 7 heteroatoms. The average molecular weight is 401 g/mol. The van der Waals surface area contributed by atoms with Gasteiger partial charge in [0.15, 0.2) is 6.10 Å². The first kappa shape index (κ1) is 22.1. The fourth-order valence-electron chi connectivity index (χ4n) is 2.70. The molecule has 0 radical (unpaired) electrons. The summed E-state index contributed by atoms with van der Waals surface area (Å²) in [4.78, 5) is 37.6. The highest BCUT2D eigenvalue weighted by Crippen LogP contribution is 2.18. The van der Waals surface area contributed by atoms with Gasteiger partial charge in [0.2, 0.25) is 5.78 Å². The molecule has 0 saturated heterocycles. The SMILES string of the molecule is COc1ccccc1C(=O)N[C@H](C(=O)O[C@@H](C)C(=O)c1ccc(F)cc1)C(C)C. The smallest absolute Gasteiger partial charge is 0.329 e. The molecule has 6 nitrogen and oxygen atoms in total. The van der Waals surface area contributed by atoms with E-state index in [0.29, 0.717) is 5.75 Å². The third kappa shape index (κ3) is 5.63. The normalized spacial score (nSPS) is 12.8. The molecule has 2 atom stereocenters. The first-order chi connectivity index (χ1) is 13.7. The number of amides is 1. The minimum Gasteiger partial charge on any atom is -0.496 e. The van der Waals surface area contributed by atoms with Crippen LogP contribution in [0.15, 0.2) is 48.5 Å². The van der Waals surface area contributed by atoms with E-state index in [1.54, 1.807) is 38.1 Å². The third-order valence-electron chi connectivity index (χ3n) is 4.35. The zero-order chi connectivity index (χ0) is 21.6. The van der Waals surface area contributed by atoms with Gasteiger partial charge in [-0.25, -0.2) is 9.18 Å². The van der Waals surface area contributed by atoms with Gasteiger partial charge in [0, 0.05) is 5.56 Å². The van der Waals surface area contributed by atoms with E-state index in [1.807, 2.05) is 0 Å². The monoisotopic (exact) mass is 401 g/mol. The molecule has 0 aliphatic rings. The van der Waals surface area contributed by atoms with Crippen molar-refractivity contribution in [3.8, 4) is 5.75 Å². The number of hydrogen-bond acceptors (Lipinski definition) is 5. The van der Waals surface area contributed by atoms with Gasteiger partial charge in [-0.2, -0.15) is 0 Å². The number of esters is 1. The maximum absolute atomic E-state index is 13.0. The van der Waals surface area contributed by atoms with Gasteiger partial charge in [0.1, 0.15) is 17.6 Å². The summed E-state index contributed by atoms with van der Waals surface area (Å²) in [5.41, 5.74) is 0.509. The van der Waals surface area contributed by atoms with Crippen molar-refractivity contribution in [3.05, 3.63) is 65.5 Å². The van der Waals surface area contributed by atoms with Crippen molar-refractivity contribution in [2.24, 2.45) is 5.92 Å². The molecule has 154 valence electrons. The number of Topliss-reactive ketones (excluding diaryl/α,β-unsaturated/α-hetero) is 1. The van der Waals surface area contributed by atoms with Crippen molar-refractivity contribution < 1.29 is 28.2 Å². The Morgan fingerprint density at radius 2 is 1.59 bits per heavy atom. The molecule has 0 aliphatic carbocycles. The van der Waals surface area contributed by atoms with E-state index in [2.05, 4.69) is 5.32 Å². The molecule has 1 N–H and O–H groups in total. The molecule has 2 rings (SSSR count). The number of carbonyl (C=O) groups is 3. The Labute approximate surface area is 169 Å². The number of para-hydroxylation sites is 1. The van der Waals surface area contributed by atoms with Crippen LogP contribution in [0.25, 0.3) is 0 Å². The number of ether oxygens (including phenoxy) is 2. The molecule has 0 saturated carbocycles. The Morgan fingerprint density at radius 1 is 0.966 bits per heavy atom. The summed E-state index contributed by atoms with van der Waals surface area (Å²) in [7, 11) is 1.45. The van der Waals surface area contributed by atoms with Crippen molar-refractivity contribution in [3.63, 3.8) is 0 Å². The number of carbonyl (C=O) groups excluding carboxylic acids is 3. The summed E-state index contributed by atoms with van der Waals surface area (Å²) in [5, 5.41) is 2.64. The molecule has 0 aromatic heterocycles. The molecule has 0 bridgehead atoms.